The maximum Gasteiger partial charge on any atom is 0.0722 e. The SMILES string of the molecule is CCNC(CCCC(C)C)c1nc2ccccc2cc1Br. The highest BCUT2D eigenvalue weighted by Gasteiger charge is 2.16. The third-order valence-electron chi connectivity index (χ3n) is 3.76. The number of aromatic nitrogens is 1. The van der Waals surface area contributed by atoms with E-state index in [-0.39, 0.29) is 0 Å². The molecule has 0 bridgehead atoms. The summed E-state index contributed by atoms with van der Waals surface area (Å²) in [5.41, 5.74) is 2.21. The van der Waals surface area contributed by atoms with Gasteiger partial charge < -0.3 is 5.32 Å². The number of benzene rings is 1. The summed E-state index contributed by atoms with van der Waals surface area (Å²) in [4.78, 5) is 4.88. The van der Waals surface area contributed by atoms with Gasteiger partial charge in [-0.05, 0) is 46.9 Å². The van der Waals surface area contributed by atoms with Crippen LogP contribution in [0.3, 0.4) is 0 Å². The number of halogens is 1. The van der Waals surface area contributed by atoms with Crippen LogP contribution in [0.2, 0.25) is 0 Å². The highest BCUT2D eigenvalue weighted by Crippen LogP contribution is 2.29. The standard InChI is InChI=1S/C18H25BrN2/c1-4-20-17(11-7-8-13(2)3)18-15(19)12-14-9-5-6-10-16(14)21-18/h5-6,9-10,12-13,17,20H,4,7-8,11H2,1-3H3. The van der Waals surface area contributed by atoms with Crippen molar-refractivity contribution in [2.45, 2.75) is 46.1 Å². The van der Waals surface area contributed by atoms with Crippen molar-refractivity contribution in [3.8, 4) is 0 Å². The molecule has 1 aromatic carbocycles. The highest BCUT2D eigenvalue weighted by molar-refractivity contribution is 9.10. The zero-order valence-corrected chi connectivity index (χ0v) is 14.8. The second-order valence-corrected chi connectivity index (χ2v) is 6.84. The second-order valence-electron chi connectivity index (χ2n) is 5.98. The van der Waals surface area contributed by atoms with E-state index in [0.29, 0.717) is 6.04 Å². The molecular formula is C18H25BrN2. The topological polar surface area (TPSA) is 24.9 Å². The predicted octanol–water partition coefficient (Wildman–Crippen LogP) is 5.47. The molecule has 0 radical (unpaired) electrons. The van der Waals surface area contributed by atoms with E-state index in [2.05, 4.69) is 66.3 Å². The molecule has 0 spiro atoms. The summed E-state index contributed by atoms with van der Waals surface area (Å²) in [6.07, 6.45) is 3.64. The molecule has 0 aliphatic heterocycles. The van der Waals surface area contributed by atoms with Crippen LogP contribution in [0.25, 0.3) is 10.9 Å². The third kappa shape index (κ3) is 4.52. The third-order valence-corrected chi connectivity index (χ3v) is 4.39. The van der Waals surface area contributed by atoms with Crippen molar-refractivity contribution >= 4 is 26.8 Å². The second kappa shape index (κ2) is 7.90. The van der Waals surface area contributed by atoms with Gasteiger partial charge in [-0.3, -0.25) is 0 Å². The van der Waals surface area contributed by atoms with Gasteiger partial charge in [0.1, 0.15) is 0 Å². The molecule has 114 valence electrons. The monoisotopic (exact) mass is 348 g/mol. The fourth-order valence-corrected chi connectivity index (χ4v) is 3.27. The van der Waals surface area contributed by atoms with Gasteiger partial charge in [0.25, 0.3) is 0 Å². The molecule has 0 saturated carbocycles. The van der Waals surface area contributed by atoms with Gasteiger partial charge in [-0.15, -0.1) is 0 Å². The summed E-state index contributed by atoms with van der Waals surface area (Å²) in [6, 6.07) is 10.8. The van der Waals surface area contributed by atoms with Crippen LogP contribution >= 0.6 is 15.9 Å². The number of hydrogen-bond donors (Lipinski definition) is 1. The van der Waals surface area contributed by atoms with Gasteiger partial charge in [0.2, 0.25) is 0 Å². The minimum atomic E-state index is 0.327. The van der Waals surface area contributed by atoms with Gasteiger partial charge in [0, 0.05) is 9.86 Å². The van der Waals surface area contributed by atoms with Crippen molar-refractivity contribution in [1.29, 1.82) is 0 Å². The van der Waals surface area contributed by atoms with Gasteiger partial charge >= 0.3 is 0 Å². The first-order valence-electron chi connectivity index (χ1n) is 7.90. The van der Waals surface area contributed by atoms with Crippen molar-refractivity contribution in [2.24, 2.45) is 5.92 Å². The smallest absolute Gasteiger partial charge is 0.0722 e. The van der Waals surface area contributed by atoms with Crippen LogP contribution in [0.15, 0.2) is 34.8 Å². The largest absolute Gasteiger partial charge is 0.309 e. The first kappa shape index (κ1) is 16.4. The minimum Gasteiger partial charge on any atom is -0.309 e. The molecule has 2 nitrogen and oxygen atoms in total. The Hall–Kier alpha value is -0.930. The van der Waals surface area contributed by atoms with Gasteiger partial charge in [-0.1, -0.05) is 51.8 Å². The Kier molecular flexibility index (Phi) is 6.19. The summed E-state index contributed by atoms with van der Waals surface area (Å²) < 4.78 is 1.11. The lowest BCUT2D eigenvalue weighted by Crippen LogP contribution is -2.22. The van der Waals surface area contributed by atoms with E-state index in [0.717, 1.165) is 34.6 Å². The normalized spacial score (nSPS) is 13.0. The molecule has 1 atom stereocenters. The Labute approximate surface area is 136 Å². The zero-order valence-electron chi connectivity index (χ0n) is 13.2. The van der Waals surface area contributed by atoms with E-state index in [1.54, 1.807) is 0 Å². The molecule has 2 aromatic rings. The fraction of sp³-hybridized carbons (Fsp3) is 0.500. The van der Waals surface area contributed by atoms with Crippen LogP contribution in [0.1, 0.15) is 51.8 Å². The van der Waals surface area contributed by atoms with Crippen LogP contribution in [0, 0.1) is 5.92 Å². The molecule has 0 saturated heterocycles. The lowest BCUT2D eigenvalue weighted by molar-refractivity contribution is 0.448. The van der Waals surface area contributed by atoms with Crippen molar-refractivity contribution in [3.05, 3.63) is 40.5 Å². The number of nitrogens with zero attached hydrogens (tertiary/aromatic N) is 1. The molecule has 1 N–H and O–H groups in total. The molecule has 0 aliphatic rings. The summed E-state index contributed by atoms with van der Waals surface area (Å²) in [5.74, 6) is 0.764. The van der Waals surface area contributed by atoms with E-state index >= 15 is 0 Å². The van der Waals surface area contributed by atoms with Crippen molar-refractivity contribution in [3.63, 3.8) is 0 Å². The molecule has 0 aliphatic carbocycles. The van der Waals surface area contributed by atoms with Crippen LogP contribution < -0.4 is 5.32 Å². The van der Waals surface area contributed by atoms with Gasteiger partial charge in [0.05, 0.1) is 17.3 Å². The fourth-order valence-electron chi connectivity index (χ4n) is 2.66. The molecule has 0 fully saturated rings. The van der Waals surface area contributed by atoms with Crippen molar-refractivity contribution in [1.82, 2.24) is 10.3 Å². The minimum absolute atomic E-state index is 0.327. The summed E-state index contributed by atoms with van der Waals surface area (Å²) in [6.45, 7) is 7.69. The average Bonchev–Trinajstić information content (AvgIpc) is 2.45. The molecule has 21 heavy (non-hydrogen) atoms. The maximum atomic E-state index is 4.88. The van der Waals surface area contributed by atoms with Crippen molar-refractivity contribution in [2.75, 3.05) is 6.54 Å². The average molecular weight is 349 g/mol. The van der Waals surface area contributed by atoms with Crippen molar-refractivity contribution < 1.29 is 0 Å². The lowest BCUT2D eigenvalue weighted by atomic mass is 10.0. The molecule has 2 rings (SSSR count). The van der Waals surface area contributed by atoms with Crippen LogP contribution in [0.5, 0.6) is 0 Å². The predicted molar refractivity (Wildman–Crippen MR) is 94.5 cm³/mol. The van der Waals surface area contributed by atoms with Crippen LogP contribution in [-0.2, 0) is 0 Å². The van der Waals surface area contributed by atoms with E-state index in [9.17, 15) is 0 Å². The maximum absolute atomic E-state index is 4.88. The highest BCUT2D eigenvalue weighted by atomic mass is 79.9. The molecule has 1 unspecified atom stereocenters. The lowest BCUT2D eigenvalue weighted by Gasteiger charge is -2.20. The molecule has 1 aromatic heterocycles. The summed E-state index contributed by atoms with van der Waals surface area (Å²) >= 11 is 3.71. The Morgan fingerprint density at radius 1 is 1.19 bits per heavy atom. The van der Waals surface area contributed by atoms with E-state index in [1.807, 2.05) is 6.07 Å². The zero-order chi connectivity index (χ0) is 15.2. The van der Waals surface area contributed by atoms with Gasteiger partial charge in [-0.25, -0.2) is 4.98 Å². The molecular weight excluding hydrogens is 324 g/mol. The number of fused-ring (bicyclic) bond motifs is 1. The quantitative estimate of drug-likeness (QED) is 0.716. The van der Waals surface area contributed by atoms with Gasteiger partial charge in [-0.2, -0.15) is 0 Å². The Morgan fingerprint density at radius 2 is 1.95 bits per heavy atom. The molecule has 1 heterocycles. The van der Waals surface area contributed by atoms with E-state index < -0.39 is 0 Å². The van der Waals surface area contributed by atoms with Crippen LogP contribution in [-0.4, -0.2) is 11.5 Å². The molecule has 0 amide bonds. The van der Waals surface area contributed by atoms with E-state index in [4.69, 9.17) is 4.98 Å². The Morgan fingerprint density at radius 3 is 2.67 bits per heavy atom. The number of hydrogen-bond acceptors (Lipinski definition) is 2. The molecule has 3 heteroatoms. The Balaban J connectivity index is 2.24. The van der Waals surface area contributed by atoms with E-state index in [1.165, 1.54) is 18.2 Å². The first-order valence-corrected chi connectivity index (χ1v) is 8.69. The first-order chi connectivity index (χ1) is 10.1. The number of para-hydroxylation sites is 1. The van der Waals surface area contributed by atoms with Crippen LogP contribution in [0.4, 0.5) is 0 Å². The van der Waals surface area contributed by atoms with Gasteiger partial charge in [0.15, 0.2) is 0 Å². The number of nitrogens with one attached hydrogen (secondary N) is 1. The summed E-state index contributed by atoms with van der Waals surface area (Å²) in [5, 5.41) is 4.77. The summed E-state index contributed by atoms with van der Waals surface area (Å²) in [7, 11) is 0. The number of pyridine rings is 1. The Bertz CT molecular complexity index is 580. The number of rotatable bonds is 7.